The van der Waals surface area contributed by atoms with Gasteiger partial charge in [0.1, 0.15) is 6.61 Å². The number of allylic oxidation sites excluding steroid dienone is 1. The number of carbonyl (C=O) groups excluding carboxylic acids is 1. The van der Waals surface area contributed by atoms with Gasteiger partial charge in [-0.15, -0.1) is 23.5 Å². The minimum Gasteiger partial charge on any atom is -0.449 e. The Morgan fingerprint density at radius 2 is 1.96 bits per heavy atom. The Morgan fingerprint density at radius 1 is 1.25 bits per heavy atom. The molecule has 5 heteroatoms. The predicted molar refractivity (Wildman–Crippen MR) is 120 cm³/mol. The highest BCUT2D eigenvalue weighted by molar-refractivity contribution is 8.21. The second kappa shape index (κ2) is 7.98. The number of benzene rings is 1. The van der Waals surface area contributed by atoms with Crippen LogP contribution in [-0.2, 0) is 4.74 Å². The average molecular weight is 418 g/mol. The number of hydrogen-bond donors (Lipinski definition) is 1. The topological polar surface area (TPSA) is 38.3 Å². The quantitative estimate of drug-likeness (QED) is 0.594. The predicted octanol–water partition coefficient (Wildman–Crippen LogP) is 6.18. The summed E-state index contributed by atoms with van der Waals surface area (Å²) in [6, 6.07) is 9.98. The molecule has 152 valence electrons. The molecule has 1 fully saturated rings. The second-order valence-corrected chi connectivity index (χ2v) is 11.7. The van der Waals surface area contributed by atoms with Crippen LogP contribution in [-0.4, -0.2) is 28.3 Å². The van der Waals surface area contributed by atoms with Crippen molar-refractivity contribution in [3.05, 3.63) is 47.0 Å². The van der Waals surface area contributed by atoms with Crippen LogP contribution in [0.4, 0.5) is 4.79 Å². The van der Waals surface area contributed by atoms with E-state index in [1.807, 2.05) is 37.3 Å². The lowest BCUT2D eigenvalue weighted by Crippen LogP contribution is -2.43. The zero-order chi connectivity index (χ0) is 19.8. The SMILES string of the molecule is C[C@H](NC(=O)OC[C@@]1(C)C2=C(CC[C@@H]1C)CCC21SCCS1)c1ccccc1. The van der Waals surface area contributed by atoms with Crippen LogP contribution < -0.4 is 5.32 Å². The molecule has 0 bridgehead atoms. The van der Waals surface area contributed by atoms with Crippen molar-refractivity contribution in [2.24, 2.45) is 11.3 Å². The van der Waals surface area contributed by atoms with Gasteiger partial charge in [-0.1, -0.05) is 49.8 Å². The number of alkyl carbamates (subject to hydrolysis) is 1. The molecule has 0 unspecified atom stereocenters. The standard InChI is InChI=1S/C23H31NO2S2/c1-16-9-10-19-11-12-23(27-13-14-28-23)20(19)22(16,3)15-26-21(25)24-17(2)18-7-5-4-6-8-18/h4-8,16-17H,9-15H2,1-3H3,(H,24,25)/t16-,17-,22+/m0/s1. The Hall–Kier alpha value is -1.07. The van der Waals surface area contributed by atoms with Gasteiger partial charge in [-0.05, 0) is 49.7 Å². The van der Waals surface area contributed by atoms with Gasteiger partial charge in [-0.3, -0.25) is 0 Å². The van der Waals surface area contributed by atoms with Gasteiger partial charge in [-0.25, -0.2) is 4.79 Å². The van der Waals surface area contributed by atoms with Crippen LogP contribution in [0.1, 0.15) is 58.1 Å². The fourth-order valence-electron chi connectivity index (χ4n) is 5.10. The van der Waals surface area contributed by atoms with Crippen molar-refractivity contribution in [3.63, 3.8) is 0 Å². The van der Waals surface area contributed by atoms with Crippen molar-refractivity contribution in [1.29, 1.82) is 0 Å². The molecule has 1 spiro atoms. The molecule has 0 radical (unpaired) electrons. The zero-order valence-corrected chi connectivity index (χ0v) is 18.8. The van der Waals surface area contributed by atoms with E-state index in [9.17, 15) is 4.79 Å². The summed E-state index contributed by atoms with van der Waals surface area (Å²) in [4.78, 5) is 12.6. The van der Waals surface area contributed by atoms with Crippen LogP contribution in [0.5, 0.6) is 0 Å². The average Bonchev–Trinajstić information content (AvgIpc) is 3.32. The number of ether oxygens (including phenoxy) is 1. The maximum Gasteiger partial charge on any atom is 0.407 e. The van der Waals surface area contributed by atoms with E-state index < -0.39 is 0 Å². The van der Waals surface area contributed by atoms with Crippen LogP contribution >= 0.6 is 23.5 Å². The van der Waals surface area contributed by atoms with Crippen LogP contribution in [0, 0.1) is 11.3 Å². The fraction of sp³-hybridized carbons (Fsp3) is 0.609. The molecular weight excluding hydrogens is 386 g/mol. The number of thioether (sulfide) groups is 2. The maximum atomic E-state index is 12.6. The van der Waals surface area contributed by atoms with E-state index in [0.29, 0.717) is 12.5 Å². The lowest BCUT2D eigenvalue weighted by molar-refractivity contribution is 0.0698. The normalized spacial score (nSPS) is 29.6. The van der Waals surface area contributed by atoms with E-state index in [0.717, 1.165) is 5.56 Å². The number of rotatable bonds is 4. The van der Waals surface area contributed by atoms with E-state index in [-0.39, 0.29) is 21.6 Å². The first-order chi connectivity index (χ1) is 13.4. The minimum atomic E-state index is -0.309. The number of hydrogen-bond acceptors (Lipinski definition) is 4. The highest BCUT2D eigenvalue weighted by Crippen LogP contribution is 2.65. The largest absolute Gasteiger partial charge is 0.449 e. The van der Waals surface area contributed by atoms with Crippen LogP contribution in [0.25, 0.3) is 0 Å². The number of fused-ring (bicyclic) bond motifs is 1. The summed E-state index contributed by atoms with van der Waals surface area (Å²) in [6.07, 6.45) is 4.61. The van der Waals surface area contributed by atoms with E-state index in [1.165, 1.54) is 37.2 Å². The molecule has 3 atom stereocenters. The molecule has 0 saturated carbocycles. The number of carbonyl (C=O) groups is 1. The van der Waals surface area contributed by atoms with Gasteiger partial charge in [0.15, 0.2) is 0 Å². The lowest BCUT2D eigenvalue weighted by Gasteiger charge is -2.46. The molecular formula is C23H31NO2S2. The van der Waals surface area contributed by atoms with Gasteiger partial charge >= 0.3 is 6.09 Å². The maximum absolute atomic E-state index is 12.6. The first kappa shape index (κ1) is 20.2. The van der Waals surface area contributed by atoms with Crippen LogP contribution in [0.3, 0.4) is 0 Å². The van der Waals surface area contributed by atoms with Gasteiger partial charge in [0.2, 0.25) is 0 Å². The third-order valence-corrected chi connectivity index (χ3v) is 10.5. The molecule has 4 rings (SSSR count). The Balaban J connectivity index is 1.46. The van der Waals surface area contributed by atoms with Crippen molar-refractivity contribution in [2.75, 3.05) is 18.1 Å². The number of amides is 1. The van der Waals surface area contributed by atoms with E-state index in [4.69, 9.17) is 4.74 Å². The minimum absolute atomic E-state index is 0.0538. The molecule has 1 aliphatic heterocycles. The highest BCUT2D eigenvalue weighted by atomic mass is 32.2. The summed E-state index contributed by atoms with van der Waals surface area (Å²) >= 11 is 4.27. The smallest absolute Gasteiger partial charge is 0.407 e. The third kappa shape index (κ3) is 3.60. The van der Waals surface area contributed by atoms with E-state index in [2.05, 4.69) is 42.7 Å². The summed E-state index contributed by atoms with van der Waals surface area (Å²) in [6.45, 7) is 7.16. The third-order valence-electron chi connectivity index (χ3n) is 6.92. The summed E-state index contributed by atoms with van der Waals surface area (Å²) in [5, 5.41) is 3.00. The van der Waals surface area contributed by atoms with Gasteiger partial charge in [0, 0.05) is 16.9 Å². The molecule has 1 aromatic rings. The lowest BCUT2D eigenvalue weighted by atomic mass is 9.65. The van der Waals surface area contributed by atoms with Crippen molar-refractivity contribution in [3.8, 4) is 0 Å². The zero-order valence-electron chi connectivity index (χ0n) is 17.1. The molecule has 28 heavy (non-hydrogen) atoms. The summed E-state index contributed by atoms with van der Waals surface area (Å²) in [7, 11) is 0. The van der Waals surface area contributed by atoms with Gasteiger partial charge < -0.3 is 10.1 Å². The van der Waals surface area contributed by atoms with Gasteiger partial charge in [0.25, 0.3) is 0 Å². The molecule has 1 saturated heterocycles. The molecule has 1 heterocycles. The Bertz CT molecular complexity index is 757. The van der Waals surface area contributed by atoms with Crippen molar-refractivity contribution in [2.45, 2.75) is 56.6 Å². The Morgan fingerprint density at radius 3 is 2.68 bits per heavy atom. The van der Waals surface area contributed by atoms with Crippen LogP contribution in [0.2, 0.25) is 0 Å². The molecule has 1 N–H and O–H groups in total. The monoisotopic (exact) mass is 417 g/mol. The number of nitrogens with one attached hydrogen (secondary N) is 1. The van der Waals surface area contributed by atoms with Crippen LogP contribution in [0.15, 0.2) is 41.5 Å². The molecule has 0 aromatic heterocycles. The Kier molecular flexibility index (Phi) is 5.76. The van der Waals surface area contributed by atoms with Crippen molar-refractivity contribution >= 4 is 29.6 Å². The molecule has 1 aromatic carbocycles. The fourth-order valence-corrected chi connectivity index (χ4v) is 8.79. The molecule has 3 nitrogen and oxygen atoms in total. The molecule has 3 aliphatic rings. The van der Waals surface area contributed by atoms with Gasteiger partial charge in [0.05, 0.1) is 10.1 Å². The summed E-state index contributed by atoms with van der Waals surface area (Å²) in [5.74, 6) is 3.01. The van der Waals surface area contributed by atoms with Crippen molar-refractivity contribution < 1.29 is 9.53 Å². The highest BCUT2D eigenvalue weighted by Gasteiger charge is 2.55. The first-order valence-corrected chi connectivity index (χ1v) is 12.4. The van der Waals surface area contributed by atoms with Crippen molar-refractivity contribution in [1.82, 2.24) is 5.32 Å². The molecule has 1 amide bonds. The summed E-state index contributed by atoms with van der Waals surface area (Å²) in [5.41, 5.74) is 4.32. The Labute approximate surface area is 177 Å². The van der Waals surface area contributed by atoms with E-state index in [1.54, 1.807) is 11.1 Å². The van der Waals surface area contributed by atoms with E-state index >= 15 is 0 Å². The van der Waals surface area contributed by atoms with Gasteiger partial charge in [-0.2, -0.15) is 0 Å². The molecule has 2 aliphatic carbocycles. The first-order valence-electron chi connectivity index (χ1n) is 10.4. The summed E-state index contributed by atoms with van der Waals surface area (Å²) < 4.78 is 6.10. The second-order valence-electron chi connectivity index (χ2n) is 8.64.